The molecule has 5 nitrogen and oxygen atoms in total. The molecule has 1 amide bonds. The van der Waals surface area contributed by atoms with Crippen LogP contribution in [0.5, 0.6) is 0 Å². The molecule has 0 fully saturated rings. The number of nitrogens with one attached hydrogen (secondary N) is 1. The minimum Gasteiger partial charge on any atom is -0.350 e. The van der Waals surface area contributed by atoms with Crippen LogP contribution in [-0.4, -0.2) is 18.7 Å². The molecule has 2 rings (SSSR count). The number of nitriles is 1. The Morgan fingerprint density at radius 1 is 1.08 bits per heavy atom. The highest BCUT2D eigenvalue weighted by molar-refractivity contribution is 6.07. The lowest BCUT2D eigenvalue weighted by atomic mass is 10.1. The van der Waals surface area contributed by atoms with Gasteiger partial charge in [-0.1, -0.05) is 18.2 Å². The van der Waals surface area contributed by atoms with Gasteiger partial charge in [0.2, 0.25) is 0 Å². The van der Waals surface area contributed by atoms with Gasteiger partial charge in [-0.25, -0.2) is 0 Å². The van der Waals surface area contributed by atoms with Crippen molar-refractivity contribution in [1.82, 2.24) is 0 Å². The molecule has 0 bridgehead atoms. The van der Waals surface area contributed by atoms with E-state index in [1.807, 2.05) is 36.4 Å². The standard InChI is InChI=1S/C19H17N3O2/c1-14(23)15-8-10-17(11-9-15)21-19(24)16(12-20)13-22(2)18-6-4-3-5-7-18/h3-11,13H,1-2H3,(H,21,24)/b16-13-. The summed E-state index contributed by atoms with van der Waals surface area (Å²) in [6, 6.07) is 17.8. The van der Waals surface area contributed by atoms with Crippen molar-refractivity contribution in [2.45, 2.75) is 6.92 Å². The highest BCUT2D eigenvalue weighted by Crippen LogP contribution is 2.14. The fraction of sp³-hybridized carbons (Fsp3) is 0.105. The van der Waals surface area contributed by atoms with E-state index >= 15 is 0 Å². The molecule has 1 N–H and O–H groups in total. The Hall–Kier alpha value is -3.39. The number of hydrogen-bond donors (Lipinski definition) is 1. The number of carbonyl (C=O) groups excluding carboxylic acids is 2. The monoisotopic (exact) mass is 319 g/mol. The second-order valence-electron chi connectivity index (χ2n) is 5.19. The molecule has 0 heterocycles. The Bertz CT molecular complexity index is 803. The summed E-state index contributed by atoms with van der Waals surface area (Å²) in [5.74, 6) is -0.550. The lowest BCUT2D eigenvalue weighted by molar-refractivity contribution is -0.112. The zero-order valence-corrected chi connectivity index (χ0v) is 13.5. The van der Waals surface area contributed by atoms with E-state index in [-0.39, 0.29) is 11.4 Å². The predicted molar refractivity (Wildman–Crippen MR) is 93.6 cm³/mol. The summed E-state index contributed by atoms with van der Waals surface area (Å²) in [5, 5.41) is 11.9. The Labute approximate surface area is 140 Å². The van der Waals surface area contributed by atoms with Crippen molar-refractivity contribution in [2.24, 2.45) is 0 Å². The van der Waals surface area contributed by atoms with E-state index in [0.29, 0.717) is 11.3 Å². The minimum absolute atomic E-state index is 0.0167. The summed E-state index contributed by atoms with van der Waals surface area (Å²) in [6.07, 6.45) is 1.48. The number of Topliss-reactive ketones (excluding diaryl/α,β-unsaturated/α-hetero) is 1. The van der Waals surface area contributed by atoms with Gasteiger partial charge in [0, 0.05) is 30.2 Å². The van der Waals surface area contributed by atoms with Gasteiger partial charge >= 0.3 is 0 Å². The smallest absolute Gasteiger partial charge is 0.267 e. The highest BCUT2D eigenvalue weighted by Gasteiger charge is 2.11. The summed E-state index contributed by atoms with van der Waals surface area (Å²) in [4.78, 5) is 25.2. The number of ketones is 1. The molecule has 2 aromatic rings. The lowest BCUT2D eigenvalue weighted by Crippen LogP contribution is -2.17. The second-order valence-corrected chi connectivity index (χ2v) is 5.19. The number of benzene rings is 2. The summed E-state index contributed by atoms with van der Waals surface area (Å²) in [7, 11) is 1.77. The third-order valence-corrected chi connectivity index (χ3v) is 3.40. The summed E-state index contributed by atoms with van der Waals surface area (Å²) in [6.45, 7) is 1.48. The fourth-order valence-corrected chi connectivity index (χ4v) is 2.06. The van der Waals surface area contributed by atoms with E-state index in [1.54, 1.807) is 36.2 Å². The maximum Gasteiger partial charge on any atom is 0.267 e. The van der Waals surface area contributed by atoms with Gasteiger partial charge in [-0.3, -0.25) is 9.59 Å². The minimum atomic E-state index is -0.504. The van der Waals surface area contributed by atoms with Crippen LogP contribution in [0.1, 0.15) is 17.3 Å². The number of para-hydroxylation sites is 1. The molecule has 0 aromatic heterocycles. The van der Waals surface area contributed by atoms with Crippen molar-refractivity contribution in [2.75, 3.05) is 17.3 Å². The number of hydrogen-bond acceptors (Lipinski definition) is 4. The topological polar surface area (TPSA) is 73.2 Å². The van der Waals surface area contributed by atoms with Crippen LogP contribution in [0.15, 0.2) is 66.4 Å². The van der Waals surface area contributed by atoms with E-state index < -0.39 is 5.91 Å². The van der Waals surface area contributed by atoms with Gasteiger partial charge in [0.1, 0.15) is 11.6 Å². The van der Waals surface area contributed by atoms with Gasteiger partial charge in [-0.05, 0) is 43.3 Å². The van der Waals surface area contributed by atoms with Crippen molar-refractivity contribution in [3.05, 3.63) is 71.9 Å². The maximum absolute atomic E-state index is 12.2. The molecule has 0 aliphatic rings. The van der Waals surface area contributed by atoms with E-state index in [9.17, 15) is 14.9 Å². The first-order chi connectivity index (χ1) is 11.5. The van der Waals surface area contributed by atoms with Crippen molar-refractivity contribution < 1.29 is 9.59 Å². The van der Waals surface area contributed by atoms with E-state index in [0.717, 1.165) is 5.69 Å². The molecule has 5 heteroatoms. The molecule has 2 aromatic carbocycles. The van der Waals surface area contributed by atoms with Gasteiger partial charge in [0.15, 0.2) is 5.78 Å². The van der Waals surface area contributed by atoms with Crippen LogP contribution in [0, 0.1) is 11.3 Å². The first kappa shape index (κ1) is 17.0. The zero-order valence-electron chi connectivity index (χ0n) is 13.5. The normalized spacial score (nSPS) is 10.6. The molecule has 0 radical (unpaired) electrons. The highest BCUT2D eigenvalue weighted by atomic mass is 16.1. The number of rotatable bonds is 5. The summed E-state index contributed by atoms with van der Waals surface area (Å²) in [5.41, 5.74) is 1.93. The predicted octanol–water partition coefficient (Wildman–Crippen LogP) is 3.37. The molecule has 0 spiro atoms. The molecular weight excluding hydrogens is 302 g/mol. The van der Waals surface area contributed by atoms with E-state index in [2.05, 4.69) is 5.32 Å². The van der Waals surface area contributed by atoms with Crippen molar-refractivity contribution in [1.29, 1.82) is 5.26 Å². The quantitative estimate of drug-likeness (QED) is 0.521. The van der Waals surface area contributed by atoms with Crippen LogP contribution in [0.2, 0.25) is 0 Å². The van der Waals surface area contributed by atoms with Crippen LogP contribution in [0.3, 0.4) is 0 Å². The van der Waals surface area contributed by atoms with Crippen molar-refractivity contribution in [3.63, 3.8) is 0 Å². The second kappa shape index (κ2) is 7.75. The molecule has 0 aliphatic heterocycles. The molecule has 0 atom stereocenters. The van der Waals surface area contributed by atoms with Gasteiger partial charge in [-0.15, -0.1) is 0 Å². The Morgan fingerprint density at radius 2 is 1.71 bits per heavy atom. The number of amides is 1. The molecule has 120 valence electrons. The lowest BCUT2D eigenvalue weighted by Gasteiger charge is -2.14. The van der Waals surface area contributed by atoms with Crippen molar-refractivity contribution in [3.8, 4) is 6.07 Å². The van der Waals surface area contributed by atoms with E-state index in [1.165, 1.54) is 13.1 Å². The molecule has 24 heavy (non-hydrogen) atoms. The van der Waals surface area contributed by atoms with Crippen LogP contribution < -0.4 is 10.2 Å². The fourth-order valence-electron chi connectivity index (χ4n) is 2.06. The van der Waals surface area contributed by atoms with Crippen LogP contribution >= 0.6 is 0 Å². The average molecular weight is 319 g/mol. The zero-order chi connectivity index (χ0) is 17.5. The largest absolute Gasteiger partial charge is 0.350 e. The third-order valence-electron chi connectivity index (χ3n) is 3.40. The van der Waals surface area contributed by atoms with Gasteiger partial charge in [-0.2, -0.15) is 5.26 Å². The Balaban J connectivity index is 2.12. The molecule has 0 saturated carbocycles. The van der Waals surface area contributed by atoms with E-state index in [4.69, 9.17) is 0 Å². The Kier molecular flexibility index (Phi) is 5.48. The summed E-state index contributed by atoms with van der Waals surface area (Å²) >= 11 is 0. The van der Waals surface area contributed by atoms with Crippen LogP contribution in [0.4, 0.5) is 11.4 Å². The molecule has 0 unspecified atom stereocenters. The third kappa shape index (κ3) is 4.31. The molecular formula is C19H17N3O2. The van der Waals surface area contributed by atoms with Gasteiger partial charge in [0.05, 0.1) is 0 Å². The number of anilines is 2. The van der Waals surface area contributed by atoms with Crippen LogP contribution in [-0.2, 0) is 4.79 Å². The first-order valence-corrected chi connectivity index (χ1v) is 7.33. The van der Waals surface area contributed by atoms with Crippen molar-refractivity contribution >= 4 is 23.1 Å². The summed E-state index contributed by atoms with van der Waals surface area (Å²) < 4.78 is 0. The number of nitrogens with zero attached hydrogens (tertiary/aromatic N) is 2. The molecule has 0 aliphatic carbocycles. The van der Waals surface area contributed by atoms with Gasteiger partial charge in [0.25, 0.3) is 5.91 Å². The Morgan fingerprint density at radius 3 is 2.25 bits per heavy atom. The first-order valence-electron chi connectivity index (χ1n) is 7.33. The SMILES string of the molecule is CC(=O)c1ccc(NC(=O)/C(C#N)=C\N(C)c2ccccc2)cc1. The van der Waals surface area contributed by atoms with Gasteiger partial charge < -0.3 is 10.2 Å². The molecule has 0 saturated heterocycles. The maximum atomic E-state index is 12.2. The average Bonchev–Trinajstić information content (AvgIpc) is 2.60. The number of carbonyl (C=O) groups is 2. The van der Waals surface area contributed by atoms with Crippen LogP contribution in [0.25, 0.3) is 0 Å².